The fraction of sp³-hybridized carbons (Fsp3) is 0.333. The number of hydrogen-bond donors (Lipinski definition) is 1. The third-order valence-corrected chi connectivity index (χ3v) is 2.51. The van der Waals surface area contributed by atoms with E-state index in [0.717, 1.165) is 0 Å². The van der Waals surface area contributed by atoms with Crippen molar-refractivity contribution in [3.05, 3.63) is 30.1 Å². The Labute approximate surface area is 98.5 Å². The van der Waals surface area contributed by atoms with Gasteiger partial charge in [-0.3, -0.25) is 9.56 Å². The molecule has 1 N–H and O–H groups in total. The molecule has 6 nitrogen and oxygen atoms in total. The van der Waals surface area contributed by atoms with E-state index in [1.54, 1.807) is 0 Å². The molecule has 0 atom stereocenters. The molecule has 0 fully saturated rings. The number of halogens is 1. The average molecular weight is 261 g/mol. The van der Waals surface area contributed by atoms with Crippen molar-refractivity contribution in [1.82, 2.24) is 5.01 Å². The van der Waals surface area contributed by atoms with Crippen LogP contribution in [-0.4, -0.2) is 37.3 Å². The molecule has 0 radical (unpaired) electrons. The third kappa shape index (κ3) is 5.93. The van der Waals surface area contributed by atoms with Crippen LogP contribution < -0.4 is 0 Å². The van der Waals surface area contributed by atoms with Gasteiger partial charge in [0.25, 0.3) is 10.1 Å². The smallest absolute Gasteiger partial charge is 0.266 e. The Morgan fingerprint density at radius 3 is 2.47 bits per heavy atom. The highest BCUT2D eigenvalue weighted by molar-refractivity contribution is 7.85. The fourth-order valence-corrected chi connectivity index (χ4v) is 1.42. The SMILES string of the molecule is CN(CCS(=O)(=O)O)/N=N/c1ccc(F)cc1. The highest BCUT2D eigenvalue weighted by Gasteiger charge is 2.05. The van der Waals surface area contributed by atoms with Gasteiger partial charge in [0.15, 0.2) is 0 Å². The van der Waals surface area contributed by atoms with Crippen molar-refractivity contribution in [2.45, 2.75) is 0 Å². The van der Waals surface area contributed by atoms with Gasteiger partial charge in [-0.25, -0.2) is 4.39 Å². The summed E-state index contributed by atoms with van der Waals surface area (Å²) >= 11 is 0. The van der Waals surface area contributed by atoms with Gasteiger partial charge in [-0.1, -0.05) is 5.22 Å². The Morgan fingerprint density at radius 1 is 1.35 bits per heavy atom. The van der Waals surface area contributed by atoms with Gasteiger partial charge in [0.1, 0.15) is 5.82 Å². The van der Waals surface area contributed by atoms with Crippen LogP contribution >= 0.6 is 0 Å². The molecule has 0 aliphatic carbocycles. The van der Waals surface area contributed by atoms with Gasteiger partial charge in [-0.2, -0.15) is 8.42 Å². The molecular formula is C9H12FN3O3S. The lowest BCUT2D eigenvalue weighted by Crippen LogP contribution is -2.20. The fourth-order valence-electron chi connectivity index (χ4n) is 0.928. The molecule has 0 aliphatic heterocycles. The van der Waals surface area contributed by atoms with E-state index in [2.05, 4.69) is 10.3 Å². The number of rotatable bonds is 5. The van der Waals surface area contributed by atoms with Gasteiger partial charge < -0.3 is 0 Å². The predicted molar refractivity (Wildman–Crippen MR) is 60.0 cm³/mol. The van der Waals surface area contributed by atoms with Crippen molar-refractivity contribution >= 4 is 15.8 Å². The number of benzene rings is 1. The summed E-state index contributed by atoms with van der Waals surface area (Å²) in [5.74, 6) is -0.796. The molecule has 1 rings (SSSR count). The normalized spacial score (nSPS) is 11.9. The molecule has 17 heavy (non-hydrogen) atoms. The van der Waals surface area contributed by atoms with Crippen molar-refractivity contribution in [2.75, 3.05) is 19.3 Å². The first kappa shape index (κ1) is 13.5. The topological polar surface area (TPSA) is 82.3 Å². The Bertz CT molecular complexity index is 487. The maximum atomic E-state index is 12.6. The van der Waals surface area contributed by atoms with Crippen LogP contribution in [0.5, 0.6) is 0 Å². The summed E-state index contributed by atoms with van der Waals surface area (Å²) in [6.45, 7) is 0.0174. The predicted octanol–water partition coefficient (Wildman–Crippen LogP) is 1.64. The maximum Gasteiger partial charge on any atom is 0.266 e. The molecule has 0 amide bonds. The standard InChI is InChI=1S/C9H12FN3O3S/c1-13(6-7-17(14,15)16)12-11-9-4-2-8(10)3-5-9/h2-5H,6-7H2,1H3,(H,14,15,16)/b12-11+. The van der Waals surface area contributed by atoms with Crippen LogP contribution in [0.1, 0.15) is 0 Å². The zero-order valence-corrected chi connectivity index (χ0v) is 9.93. The lowest BCUT2D eigenvalue weighted by atomic mass is 10.3. The summed E-state index contributed by atoms with van der Waals surface area (Å²) in [7, 11) is -2.49. The Kier molecular flexibility index (Phi) is 4.53. The van der Waals surface area contributed by atoms with Crippen LogP contribution in [-0.2, 0) is 10.1 Å². The van der Waals surface area contributed by atoms with Gasteiger partial charge in [-0.15, -0.1) is 5.11 Å². The zero-order valence-electron chi connectivity index (χ0n) is 9.12. The van der Waals surface area contributed by atoms with Crippen molar-refractivity contribution < 1.29 is 17.4 Å². The third-order valence-electron chi connectivity index (χ3n) is 1.81. The van der Waals surface area contributed by atoms with Crippen LogP contribution in [0, 0.1) is 5.82 Å². The molecule has 0 saturated heterocycles. The van der Waals surface area contributed by atoms with E-state index >= 15 is 0 Å². The van der Waals surface area contributed by atoms with Crippen LogP contribution in [0.25, 0.3) is 0 Å². The summed E-state index contributed by atoms with van der Waals surface area (Å²) in [5.41, 5.74) is 0.449. The zero-order chi connectivity index (χ0) is 12.9. The second-order valence-electron chi connectivity index (χ2n) is 3.33. The highest BCUT2D eigenvalue weighted by atomic mass is 32.2. The minimum atomic E-state index is -4.00. The van der Waals surface area contributed by atoms with E-state index in [1.807, 2.05) is 0 Å². The molecule has 1 aromatic carbocycles. The van der Waals surface area contributed by atoms with Crippen molar-refractivity contribution in [2.24, 2.45) is 10.3 Å². The molecule has 94 valence electrons. The molecule has 0 spiro atoms. The van der Waals surface area contributed by atoms with E-state index in [4.69, 9.17) is 4.55 Å². The van der Waals surface area contributed by atoms with E-state index in [-0.39, 0.29) is 12.4 Å². The maximum absolute atomic E-state index is 12.6. The Balaban J connectivity index is 2.50. The lowest BCUT2D eigenvalue weighted by molar-refractivity contribution is 0.347. The second kappa shape index (κ2) is 5.69. The van der Waals surface area contributed by atoms with E-state index in [1.165, 1.54) is 36.3 Å². The molecule has 0 unspecified atom stereocenters. The minimum absolute atomic E-state index is 0.0174. The first-order valence-electron chi connectivity index (χ1n) is 4.70. The van der Waals surface area contributed by atoms with Crippen molar-refractivity contribution in [1.29, 1.82) is 0 Å². The van der Waals surface area contributed by atoms with Gasteiger partial charge >= 0.3 is 0 Å². The largest absolute Gasteiger partial charge is 0.285 e. The number of hydrogen-bond acceptors (Lipinski definition) is 4. The summed E-state index contributed by atoms with van der Waals surface area (Å²) in [4.78, 5) is 0. The minimum Gasteiger partial charge on any atom is -0.285 e. The Hall–Kier alpha value is -1.54. The van der Waals surface area contributed by atoms with Crippen molar-refractivity contribution in [3.63, 3.8) is 0 Å². The molecule has 1 aromatic rings. The highest BCUT2D eigenvalue weighted by Crippen LogP contribution is 2.12. The van der Waals surface area contributed by atoms with Crippen LogP contribution in [0.2, 0.25) is 0 Å². The molecule has 0 aromatic heterocycles. The van der Waals surface area contributed by atoms with E-state index in [9.17, 15) is 12.8 Å². The average Bonchev–Trinajstić information content (AvgIpc) is 2.25. The summed E-state index contributed by atoms with van der Waals surface area (Å²) in [5, 5.41) is 8.70. The molecule has 0 saturated carbocycles. The lowest BCUT2D eigenvalue weighted by Gasteiger charge is -2.08. The molecule has 8 heteroatoms. The monoisotopic (exact) mass is 261 g/mol. The van der Waals surface area contributed by atoms with Gasteiger partial charge in [0.05, 0.1) is 18.0 Å². The molecule has 0 bridgehead atoms. The molecule has 0 heterocycles. The van der Waals surface area contributed by atoms with Crippen LogP contribution in [0.3, 0.4) is 0 Å². The number of nitrogens with zero attached hydrogens (tertiary/aromatic N) is 3. The Morgan fingerprint density at radius 2 is 1.94 bits per heavy atom. The molecular weight excluding hydrogens is 249 g/mol. The quantitative estimate of drug-likeness (QED) is 0.496. The van der Waals surface area contributed by atoms with Gasteiger partial charge in [-0.05, 0) is 24.3 Å². The molecule has 0 aliphatic rings. The summed E-state index contributed by atoms with van der Waals surface area (Å²) in [6, 6.07) is 5.37. The first-order valence-corrected chi connectivity index (χ1v) is 6.31. The van der Waals surface area contributed by atoms with Gasteiger partial charge in [0, 0.05) is 7.05 Å². The van der Waals surface area contributed by atoms with Crippen molar-refractivity contribution in [3.8, 4) is 0 Å². The summed E-state index contributed by atoms with van der Waals surface area (Å²) < 4.78 is 42.0. The first-order chi connectivity index (χ1) is 7.87. The van der Waals surface area contributed by atoms with E-state index in [0.29, 0.717) is 5.69 Å². The van der Waals surface area contributed by atoms with E-state index < -0.39 is 15.9 Å². The summed E-state index contributed by atoms with van der Waals surface area (Å²) in [6.07, 6.45) is 0. The van der Waals surface area contributed by atoms with Crippen LogP contribution in [0.4, 0.5) is 10.1 Å². The van der Waals surface area contributed by atoms with Gasteiger partial charge in [0.2, 0.25) is 0 Å². The van der Waals surface area contributed by atoms with Crippen LogP contribution in [0.15, 0.2) is 34.6 Å². The second-order valence-corrected chi connectivity index (χ2v) is 4.91.